The number of nitrogens with zero attached hydrogens (tertiary/aromatic N) is 1. The molecule has 0 unspecified atom stereocenters. The highest BCUT2D eigenvalue weighted by atomic mass is 19.1. The largest absolute Gasteiger partial charge is 0.503 e. The molecule has 1 N–H and O–H groups in total. The molecule has 3 rings (SSSR count). The van der Waals surface area contributed by atoms with Crippen LogP contribution in [0.4, 0.5) is 4.39 Å². The number of aromatic hydroxyl groups is 1. The van der Waals surface area contributed by atoms with E-state index in [-0.39, 0.29) is 28.8 Å². The number of carbonyl (C=O) groups excluding carboxylic acids is 1. The van der Waals surface area contributed by atoms with Crippen molar-refractivity contribution < 1.29 is 23.4 Å². The zero-order valence-electron chi connectivity index (χ0n) is 12.8. The fourth-order valence-corrected chi connectivity index (χ4v) is 2.28. The average molecular weight is 327 g/mol. The normalized spacial score (nSPS) is 10.6. The first-order valence-electron chi connectivity index (χ1n) is 7.18. The van der Waals surface area contributed by atoms with E-state index in [4.69, 9.17) is 9.15 Å². The number of halogens is 1. The van der Waals surface area contributed by atoms with Crippen LogP contribution in [0.3, 0.4) is 0 Å². The number of methoxy groups -OCH3 is 1. The van der Waals surface area contributed by atoms with Gasteiger partial charge in [-0.3, -0.25) is 4.79 Å². The van der Waals surface area contributed by atoms with Gasteiger partial charge in [0.1, 0.15) is 11.6 Å². The van der Waals surface area contributed by atoms with E-state index in [1.165, 1.54) is 37.6 Å². The smallest absolute Gasteiger partial charge is 0.250 e. The molecule has 122 valence electrons. The molecule has 0 aliphatic rings. The third-order valence-electron chi connectivity index (χ3n) is 3.50. The molecule has 2 heterocycles. The Kier molecular flexibility index (Phi) is 4.29. The first-order chi connectivity index (χ1) is 11.6. The molecule has 0 aliphatic heterocycles. The Morgan fingerprint density at radius 3 is 2.67 bits per heavy atom. The maximum Gasteiger partial charge on any atom is 0.250 e. The summed E-state index contributed by atoms with van der Waals surface area (Å²) >= 11 is 0. The molecule has 5 nitrogen and oxygen atoms in total. The molecule has 2 aromatic heterocycles. The summed E-state index contributed by atoms with van der Waals surface area (Å²) < 4.78 is 23.4. The summed E-state index contributed by atoms with van der Waals surface area (Å²) in [4.78, 5) is 16.3. The van der Waals surface area contributed by atoms with E-state index >= 15 is 0 Å². The van der Waals surface area contributed by atoms with Crippen molar-refractivity contribution in [2.75, 3.05) is 7.11 Å². The Hall–Kier alpha value is -3.15. The van der Waals surface area contributed by atoms with Gasteiger partial charge in [-0.25, -0.2) is 9.37 Å². The monoisotopic (exact) mass is 327 g/mol. The van der Waals surface area contributed by atoms with Crippen LogP contribution in [0.25, 0.3) is 0 Å². The van der Waals surface area contributed by atoms with Crippen LogP contribution in [0.15, 0.2) is 53.1 Å². The van der Waals surface area contributed by atoms with Gasteiger partial charge in [0, 0.05) is 18.7 Å². The number of rotatable bonds is 5. The Morgan fingerprint density at radius 1 is 1.21 bits per heavy atom. The SMILES string of the molecule is COc1ccnc(C(=O)c2ccc(Cc3ccc(F)cc3)o2)c1O. The molecule has 3 aromatic rings. The maximum absolute atomic E-state index is 12.9. The van der Waals surface area contributed by atoms with Gasteiger partial charge in [0.25, 0.3) is 0 Å². The van der Waals surface area contributed by atoms with E-state index in [9.17, 15) is 14.3 Å². The van der Waals surface area contributed by atoms with Crippen molar-refractivity contribution in [3.63, 3.8) is 0 Å². The summed E-state index contributed by atoms with van der Waals surface area (Å²) in [5.41, 5.74) is 0.712. The highest BCUT2D eigenvalue weighted by Crippen LogP contribution is 2.29. The lowest BCUT2D eigenvalue weighted by Gasteiger charge is -2.05. The molecule has 0 bridgehead atoms. The third kappa shape index (κ3) is 3.12. The van der Waals surface area contributed by atoms with Crippen LogP contribution < -0.4 is 4.74 Å². The number of hydrogen-bond donors (Lipinski definition) is 1. The fourth-order valence-electron chi connectivity index (χ4n) is 2.28. The van der Waals surface area contributed by atoms with E-state index in [0.717, 1.165) is 5.56 Å². The second kappa shape index (κ2) is 6.54. The lowest BCUT2D eigenvalue weighted by molar-refractivity contribution is 0.0999. The van der Waals surface area contributed by atoms with E-state index in [1.807, 2.05) is 0 Å². The molecule has 0 aliphatic carbocycles. The second-order valence-corrected chi connectivity index (χ2v) is 5.11. The average Bonchev–Trinajstić information content (AvgIpc) is 3.05. The van der Waals surface area contributed by atoms with Gasteiger partial charge in [0.2, 0.25) is 5.78 Å². The molecule has 24 heavy (non-hydrogen) atoms. The van der Waals surface area contributed by atoms with Gasteiger partial charge >= 0.3 is 0 Å². The van der Waals surface area contributed by atoms with E-state index in [2.05, 4.69) is 4.98 Å². The molecule has 0 spiro atoms. The maximum atomic E-state index is 12.9. The number of carbonyl (C=O) groups is 1. The number of pyridine rings is 1. The Bertz CT molecular complexity index is 871. The summed E-state index contributed by atoms with van der Waals surface area (Å²) in [6.45, 7) is 0. The number of furan rings is 1. The molecule has 0 radical (unpaired) electrons. The first-order valence-corrected chi connectivity index (χ1v) is 7.18. The first kappa shape index (κ1) is 15.7. The lowest BCUT2D eigenvalue weighted by atomic mass is 10.1. The minimum atomic E-state index is -0.545. The molecular formula is C18H14FNO4. The van der Waals surface area contributed by atoms with Crippen molar-refractivity contribution in [3.05, 3.63) is 77.3 Å². The van der Waals surface area contributed by atoms with Crippen LogP contribution in [0.1, 0.15) is 27.6 Å². The van der Waals surface area contributed by atoms with Gasteiger partial charge in [-0.15, -0.1) is 0 Å². The predicted octanol–water partition coefficient (Wildman–Crippen LogP) is 3.35. The minimum absolute atomic E-state index is 0.0585. The second-order valence-electron chi connectivity index (χ2n) is 5.11. The molecule has 0 fully saturated rings. The van der Waals surface area contributed by atoms with Crippen molar-refractivity contribution >= 4 is 5.78 Å². The quantitative estimate of drug-likeness (QED) is 0.728. The predicted molar refractivity (Wildman–Crippen MR) is 83.8 cm³/mol. The highest BCUT2D eigenvalue weighted by Gasteiger charge is 2.21. The number of hydrogen-bond acceptors (Lipinski definition) is 5. The molecule has 1 aromatic carbocycles. The van der Waals surface area contributed by atoms with Gasteiger partial charge in [-0.2, -0.15) is 0 Å². The number of aromatic nitrogens is 1. The summed E-state index contributed by atoms with van der Waals surface area (Å²) in [6.07, 6.45) is 1.79. The van der Waals surface area contributed by atoms with Crippen LogP contribution in [0, 0.1) is 5.82 Å². The van der Waals surface area contributed by atoms with Gasteiger partial charge in [-0.05, 0) is 29.8 Å². The van der Waals surface area contributed by atoms with Gasteiger partial charge in [-0.1, -0.05) is 12.1 Å². The Labute approximate surface area is 137 Å². The van der Waals surface area contributed by atoms with Crippen molar-refractivity contribution in [2.45, 2.75) is 6.42 Å². The molecule has 6 heteroatoms. The summed E-state index contributed by atoms with van der Waals surface area (Å²) in [7, 11) is 1.39. The standard InChI is InChI=1S/C18H14FNO4/c1-23-14-8-9-20-16(17(14)21)18(22)15-7-6-13(24-15)10-11-2-4-12(19)5-3-11/h2-9,21H,10H2,1H3. The van der Waals surface area contributed by atoms with Crippen LogP contribution in [0.5, 0.6) is 11.5 Å². The van der Waals surface area contributed by atoms with Crippen LogP contribution in [-0.2, 0) is 6.42 Å². The van der Waals surface area contributed by atoms with Crippen molar-refractivity contribution in [1.29, 1.82) is 0 Å². The van der Waals surface area contributed by atoms with E-state index < -0.39 is 5.78 Å². The van der Waals surface area contributed by atoms with Crippen molar-refractivity contribution in [1.82, 2.24) is 4.98 Å². The van der Waals surface area contributed by atoms with Gasteiger partial charge < -0.3 is 14.3 Å². The van der Waals surface area contributed by atoms with Crippen LogP contribution in [-0.4, -0.2) is 23.0 Å². The zero-order valence-corrected chi connectivity index (χ0v) is 12.8. The molecule has 0 amide bonds. The van der Waals surface area contributed by atoms with E-state index in [0.29, 0.717) is 12.2 Å². The molecule has 0 saturated heterocycles. The third-order valence-corrected chi connectivity index (χ3v) is 3.50. The van der Waals surface area contributed by atoms with Crippen molar-refractivity contribution in [2.24, 2.45) is 0 Å². The van der Waals surface area contributed by atoms with Gasteiger partial charge in [0.15, 0.2) is 23.0 Å². The van der Waals surface area contributed by atoms with E-state index in [1.54, 1.807) is 18.2 Å². The van der Waals surface area contributed by atoms with Crippen LogP contribution >= 0.6 is 0 Å². The van der Waals surface area contributed by atoms with Gasteiger partial charge in [0.05, 0.1) is 7.11 Å². The van der Waals surface area contributed by atoms with Crippen LogP contribution in [0.2, 0.25) is 0 Å². The minimum Gasteiger partial charge on any atom is -0.503 e. The lowest BCUT2D eigenvalue weighted by Crippen LogP contribution is -2.04. The fraction of sp³-hybridized carbons (Fsp3) is 0.111. The molecule has 0 atom stereocenters. The number of ether oxygens (including phenoxy) is 1. The Morgan fingerprint density at radius 2 is 1.96 bits per heavy atom. The molecule has 0 saturated carbocycles. The summed E-state index contributed by atoms with van der Waals surface area (Å²) in [5, 5.41) is 10.0. The topological polar surface area (TPSA) is 72.6 Å². The number of benzene rings is 1. The highest BCUT2D eigenvalue weighted by molar-refractivity contribution is 6.07. The Balaban J connectivity index is 1.82. The zero-order chi connectivity index (χ0) is 17.1. The molecular weight excluding hydrogens is 313 g/mol. The summed E-state index contributed by atoms with van der Waals surface area (Å²) in [6, 6.07) is 10.7. The van der Waals surface area contributed by atoms with Crippen molar-refractivity contribution in [3.8, 4) is 11.5 Å². The summed E-state index contributed by atoms with van der Waals surface area (Å²) in [5.74, 6) is -0.422. The number of ketones is 1.